The predicted octanol–water partition coefficient (Wildman–Crippen LogP) is 0.327. The van der Waals surface area contributed by atoms with Crippen molar-refractivity contribution in [3.05, 3.63) is 22.7 Å². The van der Waals surface area contributed by atoms with Crippen LogP contribution in [0.4, 0.5) is 5.82 Å². The van der Waals surface area contributed by atoms with E-state index in [-0.39, 0.29) is 10.5 Å². The van der Waals surface area contributed by atoms with E-state index in [1.807, 2.05) is 4.90 Å². The van der Waals surface area contributed by atoms with Crippen LogP contribution < -0.4 is 10.5 Å². The molecule has 76 valence electrons. The van der Waals surface area contributed by atoms with Crippen molar-refractivity contribution in [1.82, 2.24) is 9.97 Å². The molecule has 1 aromatic rings. The number of aromatic amines is 1. The summed E-state index contributed by atoms with van der Waals surface area (Å²) < 4.78 is 5.24. The van der Waals surface area contributed by atoms with Gasteiger partial charge in [0.2, 0.25) is 0 Å². The highest BCUT2D eigenvalue weighted by Gasteiger charge is 2.23. The van der Waals surface area contributed by atoms with Crippen LogP contribution in [0.5, 0.6) is 0 Å². The summed E-state index contributed by atoms with van der Waals surface area (Å²) >= 11 is 3.43. The van der Waals surface area contributed by atoms with Gasteiger partial charge in [-0.05, 0) is 0 Å². The van der Waals surface area contributed by atoms with Gasteiger partial charge in [-0.1, -0.05) is 15.9 Å². The highest BCUT2D eigenvalue weighted by Crippen LogP contribution is 2.16. The third-order valence-electron chi connectivity index (χ3n) is 2.03. The summed E-state index contributed by atoms with van der Waals surface area (Å²) in [7, 11) is 0. The number of ether oxygens (including phenoxy) is 1. The highest BCUT2D eigenvalue weighted by atomic mass is 79.9. The second-order valence-corrected chi connectivity index (χ2v) is 4.00. The van der Waals surface area contributed by atoms with Crippen LogP contribution in [0.2, 0.25) is 0 Å². The van der Waals surface area contributed by atoms with Crippen LogP contribution in [0.15, 0.2) is 17.2 Å². The maximum absolute atomic E-state index is 11.4. The molecule has 0 spiro atoms. The van der Waals surface area contributed by atoms with Crippen LogP contribution >= 0.6 is 15.9 Å². The third kappa shape index (κ3) is 1.80. The lowest BCUT2D eigenvalue weighted by Gasteiger charge is -2.31. The van der Waals surface area contributed by atoms with Crippen molar-refractivity contribution in [2.24, 2.45) is 0 Å². The van der Waals surface area contributed by atoms with Gasteiger partial charge < -0.3 is 14.6 Å². The fourth-order valence-electron chi connectivity index (χ4n) is 1.36. The molecule has 0 aliphatic carbocycles. The van der Waals surface area contributed by atoms with Gasteiger partial charge in [-0.15, -0.1) is 0 Å². The van der Waals surface area contributed by atoms with Gasteiger partial charge in [0, 0.05) is 18.9 Å². The Morgan fingerprint density at radius 3 is 3.29 bits per heavy atom. The van der Waals surface area contributed by atoms with Crippen molar-refractivity contribution < 1.29 is 4.74 Å². The van der Waals surface area contributed by atoms with Gasteiger partial charge in [-0.25, -0.2) is 4.98 Å². The Kier molecular flexibility index (Phi) is 2.83. The Hall–Kier alpha value is -0.880. The maximum atomic E-state index is 11.4. The number of aromatic nitrogens is 2. The smallest absolute Gasteiger partial charge is 0.290 e. The van der Waals surface area contributed by atoms with Crippen LogP contribution in [0.1, 0.15) is 0 Å². The highest BCUT2D eigenvalue weighted by molar-refractivity contribution is 9.09. The molecule has 0 bridgehead atoms. The normalized spacial score (nSPS) is 22.4. The molecule has 1 unspecified atom stereocenters. The van der Waals surface area contributed by atoms with Crippen molar-refractivity contribution in [3.63, 3.8) is 0 Å². The number of alkyl halides is 1. The topological polar surface area (TPSA) is 58.2 Å². The minimum Gasteiger partial charge on any atom is -0.377 e. The van der Waals surface area contributed by atoms with E-state index in [4.69, 9.17) is 4.74 Å². The Labute approximate surface area is 89.2 Å². The van der Waals surface area contributed by atoms with Gasteiger partial charge in [-0.3, -0.25) is 4.79 Å². The Bertz CT molecular complexity index is 368. The Balaban J connectivity index is 2.29. The summed E-state index contributed by atoms with van der Waals surface area (Å²) in [5.74, 6) is 0.442. The average molecular weight is 260 g/mol. The number of halogens is 1. The largest absolute Gasteiger partial charge is 0.377 e. The van der Waals surface area contributed by atoms with Gasteiger partial charge in [0.15, 0.2) is 5.82 Å². The average Bonchev–Trinajstić information content (AvgIpc) is 2.20. The number of nitrogens with one attached hydrogen (secondary N) is 1. The van der Waals surface area contributed by atoms with Gasteiger partial charge in [-0.2, -0.15) is 0 Å². The lowest BCUT2D eigenvalue weighted by Crippen LogP contribution is -2.44. The molecule has 0 saturated carbocycles. The minimum absolute atomic E-state index is 0.0206. The van der Waals surface area contributed by atoms with Gasteiger partial charge in [0.25, 0.3) is 5.56 Å². The molecule has 2 heterocycles. The van der Waals surface area contributed by atoms with E-state index in [2.05, 4.69) is 25.9 Å². The number of hydrogen-bond acceptors (Lipinski definition) is 4. The van der Waals surface area contributed by atoms with E-state index in [1.165, 1.54) is 6.20 Å². The first kappa shape index (κ1) is 9.67. The SMILES string of the molecule is O=c1[nH]ccnc1N1CCOCC1Br. The molecular weight excluding hydrogens is 250 g/mol. The standard InChI is InChI=1S/C8H10BrN3O2/c9-6-5-14-4-3-12(6)7-8(13)11-2-1-10-7/h1-2,6H,3-5H2,(H,11,13). The van der Waals surface area contributed by atoms with Crippen molar-refractivity contribution >= 4 is 21.7 Å². The zero-order valence-corrected chi connectivity index (χ0v) is 9.03. The van der Waals surface area contributed by atoms with Gasteiger partial charge in [0.05, 0.1) is 13.2 Å². The first-order chi connectivity index (χ1) is 6.79. The lowest BCUT2D eigenvalue weighted by atomic mass is 10.4. The van der Waals surface area contributed by atoms with Crippen molar-refractivity contribution in [1.29, 1.82) is 0 Å². The molecule has 1 N–H and O–H groups in total. The third-order valence-corrected chi connectivity index (χ3v) is 2.79. The van der Waals surface area contributed by atoms with E-state index in [0.717, 1.165) is 0 Å². The molecule has 0 amide bonds. The molecule has 1 aliphatic rings. The molecule has 1 atom stereocenters. The van der Waals surface area contributed by atoms with Crippen LogP contribution in [-0.4, -0.2) is 34.7 Å². The van der Waals surface area contributed by atoms with E-state index < -0.39 is 0 Å². The molecule has 1 aliphatic heterocycles. The monoisotopic (exact) mass is 259 g/mol. The maximum Gasteiger partial charge on any atom is 0.290 e. The fraction of sp³-hybridized carbons (Fsp3) is 0.500. The quantitative estimate of drug-likeness (QED) is 0.584. The Morgan fingerprint density at radius 1 is 1.71 bits per heavy atom. The second-order valence-electron chi connectivity index (χ2n) is 2.94. The van der Waals surface area contributed by atoms with E-state index in [0.29, 0.717) is 25.6 Å². The first-order valence-corrected chi connectivity index (χ1v) is 5.23. The lowest BCUT2D eigenvalue weighted by molar-refractivity contribution is 0.116. The number of nitrogens with zero attached hydrogens (tertiary/aromatic N) is 2. The van der Waals surface area contributed by atoms with Crippen LogP contribution in [0.25, 0.3) is 0 Å². The van der Waals surface area contributed by atoms with Crippen LogP contribution in [-0.2, 0) is 4.74 Å². The fourth-order valence-corrected chi connectivity index (χ4v) is 1.95. The molecule has 1 fully saturated rings. The molecule has 0 aromatic carbocycles. The zero-order valence-electron chi connectivity index (χ0n) is 7.44. The molecule has 0 radical (unpaired) electrons. The van der Waals surface area contributed by atoms with Gasteiger partial charge in [0.1, 0.15) is 4.95 Å². The van der Waals surface area contributed by atoms with Crippen molar-refractivity contribution in [3.8, 4) is 0 Å². The summed E-state index contributed by atoms with van der Waals surface area (Å²) in [6.07, 6.45) is 3.10. The van der Waals surface area contributed by atoms with Crippen LogP contribution in [0, 0.1) is 0 Å². The van der Waals surface area contributed by atoms with Crippen molar-refractivity contribution in [2.45, 2.75) is 4.95 Å². The predicted molar refractivity (Wildman–Crippen MR) is 55.7 cm³/mol. The van der Waals surface area contributed by atoms with Gasteiger partial charge >= 0.3 is 0 Å². The molecule has 1 saturated heterocycles. The van der Waals surface area contributed by atoms with E-state index in [9.17, 15) is 4.79 Å². The minimum atomic E-state index is -0.168. The van der Waals surface area contributed by atoms with Crippen LogP contribution in [0.3, 0.4) is 0 Å². The summed E-state index contributed by atoms with van der Waals surface area (Å²) in [5, 5.41) is 0. The molecule has 6 heteroatoms. The second kappa shape index (κ2) is 4.10. The summed E-state index contributed by atoms with van der Waals surface area (Å²) in [6, 6.07) is 0. The number of H-pyrrole nitrogens is 1. The van der Waals surface area contributed by atoms with E-state index in [1.54, 1.807) is 6.20 Å². The molecule has 2 rings (SSSR count). The Morgan fingerprint density at radius 2 is 2.57 bits per heavy atom. The number of morpholine rings is 1. The number of rotatable bonds is 1. The molecule has 14 heavy (non-hydrogen) atoms. The summed E-state index contributed by atoms with van der Waals surface area (Å²) in [5.41, 5.74) is -0.168. The summed E-state index contributed by atoms with van der Waals surface area (Å²) in [4.78, 5) is 20.0. The number of hydrogen-bond donors (Lipinski definition) is 1. The molecule has 1 aromatic heterocycles. The van der Waals surface area contributed by atoms with E-state index >= 15 is 0 Å². The first-order valence-electron chi connectivity index (χ1n) is 4.31. The number of anilines is 1. The van der Waals surface area contributed by atoms with Crippen molar-refractivity contribution in [2.75, 3.05) is 24.7 Å². The summed E-state index contributed by atoms with van der Waals surface area (Å²) in [6.45, 7) is 1.87. The molecule has 5 nitrogen and oxygen atoms in total. The zero-order chi connectivity index (χ0) is 9.97. The molecular formula is C8H10BrN3O2.